The number of rotatable bonds is 6. The highest BCUT2D eigenvalue weighted by atomic mass is 35.5. The molecular weight excluding hydrogens is 255 g/mol. The SMILES string of the molecule is CCC(CC)C(Cc1c(Cl)cccc1Cl)NN. The maximum absolute atomic E-state index is 6.17. The Morgan fingerprint density at radius 1 is 1.18 bits per heavy atom. The standard InChI is InChI=1S/C13H20Cl2N2/c1-3-9(4-2)13(17-16)8-10-11(14)6-5-7-12(10)15/h5-7,9,13,17H,3-4,8,16H2,1-2H3. The lowest BCUT2D eigenvalue weighted by Gasteiger charge is -2.25. The molecule has 0 saturated heterocycles. The van der Waals surface area contributed by atoms with Crippen molar-refractivity contribution in [1.29, 1.82) is 0 Å². The first-order valence-corrected chi connectivity index (χ1v) is 6.78. The summed E-state index contributed by atoms with van der Waals surface area (Å²) in [6, 6.07) is 5.80. The van der Waals surface area contributed by atoms with Crippen molar-refractivity contribution in [2.45, 2.75) is 39.2 Å². The molecule has 0 radical (unpaired) electrons. The molecule has 1 unspecified atom stereocenters. The minimum absolute atomic E-state index is 0.211. The van der Waals surface area contributed by atoms with Crippen molar-refractivity contribution >= 4 is 23.2 Å². The third kappa shape index (κ3) is 3.85. The van der Waals surface area contributed by atoms with Crippen molar-refractivity contribution in [2.75, 3.05) is 0 Å². The molecule has 1 aromatic rings. The highest BCUT2D eigenvalue weighted by molar-refractivity contribution is 6.35. The van der Waals surface area contributed by atoms with E-state index >= 15 is 0 Å². The molecule has 0 fully saturated rings. The molecule has 0 bridgehead atoms. The van der Waals surface area contributed by atoms with Crippen molar-refractivity contribution in [2.24, 2.45) is 11.8 Å². The first-order chi connectivity index (χ1) is 8.13. The van der Waals surface area contributed by atoms with E-state index < -0.39 is 0 Å². The van der Waals surface area contributed by atoms with Crippen LogP contribution in [0, 0.1) is 5.92 Å². The van der Waals surface area contributed by atoms with Gasteiger partial charge in [0.1, 0.15) is 0 Å². The van der Waals surface area contributed by atoms with Gasteiger partial charge in [0.15, 0.2) is 0 Å². The summed E-state index contributed by atoms with van der Waals surface area (Å²) >= 11 is 12.3. The predicted octanol–water partition coefficient (Wildman–Crippen LogP) is 3.80. The lowest BCUT2D eigenvalue weighted by molar-refractivity contribution is 0.335. The minimum atomic E-state index is 0.211. The molecular formula is C13H20Cl2N2. The number of hydrogen-bond acceptors (Lipinski definition) is 2. The van der Waals surface area contributed by atoms with Crippen molar-refractivity contribution < 1.29 is 0 Å². The van der Waals surface area contributed by atoms with E-state index in [-0.39, 0.29) is 6.04 Å². The van der Waals surface area contributed by atoms with Gasteiger partial charge in [0.25, 0.3) is 0 Å². The lowest BCUT2D eigenvalue weighted by atomic mass is 9.90. The zero-order valence-corrected chi connectivity index (χ0v) is 11.9. The maximum Gasteiger partial charge on any atom is 0.0453 e. The van der Waals surface area contributed by atoms with Crippen LogP contribution in [0.25, 0.3) is 0 Å². The van der Waals surface area contributed by atoms with Gasteiger partial charge in [-0.3, -0.25) is 11.3 Å². The van der Waals surface area contributed by atoms with E-state index in [0.717, 1.165) is 24.8 Å². The molecule has 96 valence electrons. The van der Waals surface area contributed by atoms with Crippen molar-refractivity contribution in [3.05, 3.63) is 33.8 Å². The summed E-state index contributed by atoms with van der Waals surface area (Å²) in [5, 5.41) is 1.42. The van der Waals surface area contributed by atoms with E-state index in [9.17, 15) is 0 Å². The van der Waals surface area contributed by atoms with Crippen LogP contribution in [0.3, 0.4) is 0 Å². The lowest BCUT2D eigenvalue weighted by Crippen LogP contribution is -2.42. The fraction of sp³-hybridized carbons (Fsp3) is 0.538. The fourth-order valence-corrected chi connectivity index (χ4v) is 2.72. The molecule has 3 N–H and O–H groups in total. The Kier molecular flexibility index (Phi) is 6.28. The topological polar surface area (TPSA) is 38.0 Å². The third-order valence-corrected chi connectivity index (χ3v) is 4.03. The smallest absolute Gasteiger partial charge is 0.0453 e. The van der Waals surface area contributed by atoms with Gasteiger partial charge in [-0.15, -0.1) is 0 Å². The summed E-state index contributed by atoms with van der Waals surface area (Å²) in [5.74, 6) is 6.17. The Hall–Kier alpha value is -0.280. The van der Waals surface area contributed by atoms with Crippen LogP contribution < -0.4 is 11.3 Å². The van der Waals surface area contributed by atoms with Gasteiger partial charge in [0.2, 0.25) is 0 Å². The zero-order chi connectivity index (χ0) is 12.8. The van der Waals surface area contributed by atoms with Gasteiger partial charge >= 0.3 is 0 Å². The van der Waals surface area contributed by atoms with Gasteiger partial charge in [0, 0.05) is 16.1 Å². The average molecular weight is 275 g/mol. The second-order valence-electron chi connectivity index (χ2n) is 4.25. The second kappa shape index (κ2) is 7.22. The molecule has 1 rings (SSSR count). The van der Waals surface area contributed by atoms with Gasteiger partial charge in [-0.2, -0.15) is 0 Å². The van der Waals surface area contributed by atoms with Gasteiger partial charge in [-0.05, 0) is 30.0 Å². The summed E-state index contributed by atoms with van der Waals surface area (Å²) in [4.78, 5) is 0. The summed E-state index contributed by atoms with van der Waals surface area (Å²) in [6.45, 7) is 4.35. The Bertz CT molecular complexity index is 331. The summed E-state index contributed by atoms with van der Waals surface area (Å²) < 4.78 is 0. The normalized spacial score (nSPS) is 13.1. The van der Waals surface area contributed by atoms with Crippen LogP contribution in [0.2, 0.25) is 10.0 Å². The third-order valence-electron chi connectivity index (χ3n) is 3.32. The quantitative estimate of drug-likeness (QED) is 0.612. The van der Waals surface area contributed by atoms with Gasteiger partial charge in [0.05, 0.1) is 0 Å². The van der Waals surface area contributed by atoms with Crippen LogP contribution in [0.15, 0.2) is 18.2 Å². The average Bonchev–Trinajstić information content (AvgIpc) is 2.33. The van der Waals surface area contributed by atoms with E-state index in [2.05, 4.69) is 19.3 Å². The van der Waals surface area contributed by atoms with E-state index in [1.165, 1.54) is 0 Å². The Labute approximate surface area is 113 Å². The zero-order valence-electron chi connectivity index (χ0n) is 10.3. The Balaban J connectivity index is 2.87. The summed E-state index contributed by atoms with van der Waals surface area (Å²) in [5.41, 5.74) is 3.87. The molecule has 17 heavy (non-hydrogen) atoms. The summed E-state index contributed by atoms with van der Waals surface area (Å²) in [7, 11) is 0. The molecule has 0 aliphatic carbocycles. The van der Waals surface area contributed by atoms with Gasteiger partial charge in [-0.1, -0.05) is 56.0 Å². The summed E-state index contributed by atoms with van der Waals surface area (Å²) in [6.07, 6.45) is 2.95. The van der Waals surface area contributed by atoms with E-state index in [4.69, 9.17) is 29.0 Å². The van der Waals surface area contributed by atoms with Crippen molar-refractivity contribution in [3.8, 4) is 0 Å². The van der Waals surface area contributed by atoms with E-state index in [1.807, 2.05) is 18.2 Å². The van der Waals surface area contributed by atoms with Gasteiger partial charge in [-0.25, -0.2) is 0 Å². The highest BCUT2D eigenvalue weighted by Gasteiger charge is 2.19. The predicted molar refractivity (Wildman–Crippen MR) is 75.3 cm³/mol. The van der Waals surface area contributed by atoms with E-state index in [0.29, 0.717) is 16.0 Å². The first kappa shape index (κ1) is 14.8. The number of halogens is 2. The molecule has 2 nitrogen and oxygen atoms in total. The Morgan fingerprint density at radius 2 is 1.71 bits per heavy atom. The second-order valence-corrected chi connectivity index (χ2v) is 5.07. The van der Waals surface area contributed by atoms with E-state index in [1.54, 1.807) is 0 Å². The Morgan fingerprint density at radius 3 is 2.12 bits per heavy atom. The molecule has 0 aromatic heterocycles. The molecule has 0 saturated carbocycles. The number of hydrazine groups is 1. The molecule has 0 amide bonds. The highest BCUT2D eigenvalue weighted by Crippen LogP contribution is 2.27. The number of hydrogen-bond donors (Lipinski definition) is 2. The van der Waals surface area contributed by atoms with Crippen molar-refractivity contribution in [3.63, 3.8) is 0 Å². The number of nitrogens with two attached hydrogens (primary N) is 1. The largest absolute Gasteiger partial charge is 0.271 e. The van der Waals surface area contributed by atoms with Crippen LogP contribution in [0.1, 0.15) is 32.3 Å². The van der Waals surface area contributed by atoms with Crippen LogP contribution in [-0.2, 0) is 6.42 Å². The number of benzene rings is 1. The maximum atomic E-state index is 6.17. The van der Waals surface area contributed by atoms with Gasteiger partial charge < -0.3 is 0 Å². The first-order valence-electron chi connectivity index (χ1n) is 6.03. The molecule has 4 heteroatoms. The molecule has 0 heterocycles. The molecule has 0 spiro atoms. The minimum Gasteiger partial charge on any atom is -0.271 e. The monoisotopic (exact) mass is 274 g/mol. The molecule has 1 atom stereocenters. The van der Waals surface area contributed by atoms with Crippen LogP contribution in [0.5, 0.6) is 0 Å². The molecule has 1 aromatic carbocycles. The van der Waals surface area contributed by atoms with Crippen LogP contribution >= 0.6 is 23.2 Å². The van der Waals surface area contributed by atoms with Crippen LogP contribution in [-0.4, -0.2) is 6.04 Å². The number of nitrogens with one attached hydrogen (secondary N) is 1. The van der Waals surface area contributed by atoms with Crippen molar-refractivity contribution in [1.82, 2.24) is 5.43 Å². The molecule has 0 aliphatic heterocycles. The fourth-order valence-electron chi connectivity index (χ4n) is 2.17. The molecule has 0 aliphatic rings. The van der Waals surface area contributed by atoms with Crippen LogP contribution in [0.4, 0.5) is 0 Å².